The van der Waals surface area contributed by atoms with Crippen LogP contribution >= 0.6 is 0 Å². The van der Waals surface area contributed by atoms with Crippen molar-refractivity contribution in [2.75, 3.05) is 26.4 Å². The highest BCUT2D eigenvalue weighted by Gasteiger charge is 2.37. The minimum absolute atomic E-state index is 0.0373. The number of carbonyl (C=O) groups is 2. The Morgan fingerprint density at radius 3 is 2.13 bits per heavy atom. The van der Waals surface area contributed by atoms with Gasteiger partial charge in [-0.15, -0.1) is 0 Å². The molecule has 6 nitrogen and oxygen atoms in total. The first-order chi connectivity index (χ1) is 7.04. The second kappa shape index (κ2) is 5.09. The molecule has 0 amide bonds. The van der Waals surface area contributed by atoms with Gasteiger partial charge in [-0.25, -0.2) is 0 Å². The minimum Gasteiger partial charge on any atom is -0.461 e. The Hall–Kier alpha value is -1.14. The summed E-state index contributed by atoms with van der Waals surface area (Å²) in [6.07, 6.45) is 0. The van der Waals surface area contributed by atoms with E-state index in [9.17, 15) is 9.59 Å². The van der Waals surface area contributed by atoms with E-state index in [1.807, 2.05) is 0 Å². The van der Waals surface area contributed by atoms with Crippen LogP contribution in [0.5, 0.6) is 0 Å². The number of hydrogen-bond acceptors (Lipinski definition) is 6. The molecule has 1 rings (SSSR count). The highest BCUT2D eigenvalue weighted by atomic mass is 16.6. The second-order valence-corrected chi connectivity index (χ2v) is 3.33. The van der Waals surface area contributed by atoms with Crippen LogP contribution in [-0.4, -0.2) is 44.0 Å². The third-order valence-electron chi connectivity index (χ3n) is 1.94. The summed E-state index contributed by atoms with van der Waals surface area (Å²) in [5, 5.41) is 3.00. The van der Waals surface area contributed by atoms with Gasteiger partial charge in [0.1, 0.15) is 13.2 Å². The normalized spacial score (nSPS) is 18.5. The molecule has 0 aromatic carbocycles. The van der Waals surface area contributed by atoms with Crippen LogP contribution in [0.2, 0.25) is 0 Å². The molecular formula is C9H15NO5. The van der Waals surface area contributed by atoms with Crippen molar-refractivity contribution in [3.8, 4) is 0 Å². The molecule has 1 aliphatic heterocycles. The molecule has 1 fully saturated rings. The monoisotopic (exact) mass is 217 g/mol. The number of nitrogens with one attached hydrogen (secondary N) is 1. The van der Waals surface area contributed by atoms with Crippen molar-refractivity contribution < 1.29 is 23.8 Å². The van der Waals surface area contributed by atoms with E-state index in [4.69, 9.17) is 14.2 Å². The molecule has 0 bridgehead atoms. The smallest absolute Gasteiger partial charge is 0.302 e. The van der Waals surface area contributed by atoms with Gasteiger partial charge in [-0.1, -0.05) is 0 Å². The lowest BCUT2D eigenvalue weighted by Gasteiger charge is -2.26. The second-order valence-electron chi connectivity index (χ2n) is 3.33. The first-order valence-electron chi connectivity index (χ1n) is 4.70. The standard InChI is InChI=1S/C9H15NO5/c1-7(11)13-5-9(6-14-8(2)12)10-3-4-15-9/h10H,3-6H2,1-2H3. The molecule has 1 saturated heterocycles. The fourth-order valence-electron chi connectivity index (χ4n) is 1.24. The van der Waals surface area contributed by atoms with Crippen LogP contribution < -0.4 is 5.32 Å². The summed E-state index contributed by atoms with van der Waals surface area (Å²) in [6.45, 7) is 3.85. The summed E-state index contributed by atoms with van der Waals surface area (Å²) in [6, 6.07) is 0. The van der Waals surface area contributed by atoms with Crippen molar-refractivity contribution in [2.45, 2.75) is 19.6 Å². The van der Waals surface area contributed by atoms with Gasteiger partial charge < -0.3 is 14.2 Å². The Morgan fingerprint density at radius 1 is 1.27 bits per heavy atom. The molecule has 1 aliphatic rings. The average Bonchev–Trinajstić information content (AvgIpc) is 2.61. The molecule has 0 spiro atoms. The van der Waals surface area contributed by atoms with E-state index in [0.717, 1.165) is 0 Å². The number of carbonyl (C=O) groups excluding carboxylic acids is 2. The lowest BCUT2D eigenvalue weighted by atomic mass is 10.2. The number of esters is 2. The van der Waals surface area contributed by atoms with Crippen LogP contribution in [0.15, 0.2) is 0 Å². The molecule has 86 valence electrons. The van der Waals surface area contributed by atoms with Gasteiger partial charge in [0.2, 0.25) is 0 Å². The van der Waals surface area contributed by atoms with Crippen molar-refractivity contribution in [2.24, 2.45) is 0 Å². The van der Waals surface area contributed by atoms with Gasteiger partial charge in [-0.05, 0) is 0 Å². The molecule has 0 aromatic heterocycles. The molecule has 0 saturated carbocycles. The van der Waals surface area contributed by atoms with E-state index in [-0.39, 0.29) is 13.2 Å². The van der Waals surface area contributed by atoms with Crippen LogP contribution in [0.25, 0.3) is 0 Å². The summed E-state index contributed by atoms with van der Waals surface area (Å²) in [5.74, 6) is -0.788. The van der Waals surface area contributed by atoms with E-state index < -0.39 is 17.7 Å². The van der Waals surface area contributed by atoms with Gasteiger partial charge in [-0.2, -0.15) is 0 Å². The summed E-state index contributed by atoms with van der Waals surface area (Å²) < 4.78 is 15.1. The van der Waals surface area contributed by atoms with Crippen LogP contribution in [0, 0.1) is 0 Å². The molecule has 1 heterocycles. The number of ether oxygens (including phenoxy) is 3. The van der Waals surface area contributed by atoms with Crippen LogP contribution in [0.3, 0.4) is 0 Å². The number of rotatable bonds is 4. The van der Waals surface area contributed by atoms with Crippen LogP contribution in [0.1, 0.15) is 13.8 Å². The molecule has 0 aliphatic carbocycles. The fraction of sp³-hybridized carbons (Fsp3) is 0.778. The first-order valence-corrected chi connectivity index (χ1v) is 4.70. The molecular weight excluding hydrogens is 202 g/mol. The van der Waals surface area contributed by atoms with Gasteiger partial charge in [0, 0.05) is 20.4 Å². The van der Waals surface area contributed by atoms with E-state index in [0.29, 0.717) is 13.2 Å². The van der Waals surface area contributed by atoms with E-state index in [2.05, 4.69) is 5.32 Å². The molecule has 0 radical (unpaired) electrons. The lowest BCUT2D eigenvalue weighted by molar-refractivity contribution is -0.164. The maximum Gasteiger partial charge on any atom is 0.302 e. The molecule has 0 atom stereocenters. The zero-order chi connectivity index (χ0) is 11.3. The maximum absolute atomic E-state index is 10.7. The van der Waals surface area contributed by atoms with Crippen molar-refractivity contribution in [1.82, 2.24) is 5.32 Å². The van der Waals surface area contributed by atoms with E-state index in [1.165, 1.54) is 13.8 Å². The predicted octanol–water partition coefficient (Wildman–Crippen LogP) is -0.571. The fourth-order valence-corrected chi connectivity index (χ4v) is 1.24. The van der Waals surface area contributed by atoms with Gasteiger partial charge in [0.25, 0.3) is 0 Å². The van der Waals surface area contributed by atoms with E-state index in [1.54, 1.807) is 0 Å². The summed E-state index contributed by atoms with van der Waals surface area (Å²) in [7, 11) is 0. The Bertz CT molecular complexity index is 227. The topological polar surface area (TPSA) is 73.9 Å². The Labute approximate surface area is 87.9 Å². The van der Waals surface area contributed by atoms with Crippen molar-refractivity contribution in [1.29, 1.82) is 0 Å². The highest BCUT2D eigenvalue weighted by molar-refractivity contribution is 5.66. The molecule has 1 N–H and O–H groups in total. The molecule has 15 heavy (non-hydrogen) atoms. The maximum atomic E-state index is 10.7. The quantitative estimate of drug-likeness (QED) is 0.636. The summed E-state index contributed by atoms with van der Waals surface area (Å²) in [4.78, 5) is 21.3. The zero-order valence-corrected chi connectivity index (χ0v) is 8.87. The largest absolute Gasteiger partial charge is 0.461 e. The summed E-state index contributed by atoms with van der Waals surface area (Å²) >= 11 is 0. The summed E-state index contributed by atoms with van der Waals surface area (Å²) in [5.41, 5.74) is -0.878. The zero-order valence-electron chi connectivity index (χ0n) is 8.87. The Morgan fingerprint density at radius 2 is 1.80 bits per heavy atom. The number of hydrogen-bond donors (Lipinski definition) is 1. The molecule has 6 heteroatoms. The van der Waals surface area contributed by atoms with Gasteiger partial charge >= 0.3 is 11.9 Å². The van der Waals surface area contributed by atoms with Crippen molar-refractivity contribution in [3.63, 3.8) is 0 Å². The van der Waals surface area contributed by atoms with Gasteiger partial charge in [-0.3, -0.25) is 14.9 Å². The third kappa shape index (κ3) is 3.85. The van der Waals surface area contributed by atoms with Crippen molar-refractivity contribution >= 4 is 11.9 Å². The van der Waals surface area contributed by atoms with Gasteiger partial charge in [0.05, 0.1) is 6.61 Å². The van der Waals surface area contributed by atoms with Crippen LogP contribution in [0.4, 0.5) is 0 Å². The van der Waals surface area contributed by atoms with Crippen LogP contribution in [-0.2, 0) is 23.8 Å². The Balaban J connectivity index is 2.46. The van der Waals surface area contributed by atoms with E-state index >= 15 is 0 Å². The Kier molecular flexibility index (Phi) is 4.05. The third-order valence-corrected chi connectivity index (χ3v) is 1.94. The lowest BCUT2D eigenvalue weighted by Crippen LogP contribution is -2.50. The first kappa shape index (κ1) is 11.9. The highest BCUT2D eigenvalue weighted by Crippen LogP contribution is 2.14. The SMILES string of the molecule is CC(=O)OCC1(COC(C)=O)NCCO1. The molecule has 0 unspecified atom stereocenters. The average molecular weight is 217 g/mol. The minimum atomic E-state index is -0.878. The predicted molar refractivity (Wildman–Crippen MR) is 50.0 cm³/mol. The van der Waals surface area contributed by atoms with Crippen molar-refractivity contribution in [3.05, 3.63) is 0 Å². The van der Waals surface area contributed by atoms with Gasteiger partial charge in [0.15, 0.2) is 5.72 Å². The molecule has 0 aromatic rings.